The number of aryl methyl sites for hydroxylation is 1. The van der Waals surface area contributed by atoms with Crippen molar-refractivity contribution in [2.75, 3.05) is 28.0 Å². The van der Waals surface area contributed by atoms with E-state index in [2.05, 4.69) is 10.0 Å². The maximum Gasteiger partial charge on any atom is 0.264 e. The van der Waals surface area contributed by atoms with Gasteiger partial charge in [0.2, 0.25) is 5.91 Å². The van der Waals surface area contributed by atoms with E-state index in [0.717, 1.165) is 22.0 Å². The van der Waals surface area contributed by atoms with Crippen LogP contribution in [0.3, 0.4) is 0 Å². The van der Waals surface area contributed by atoms with Crippen LogP contribution in [0.25, 0.3) is 0 Å². The number of sulfonamides is 2. The molecule has 214 valence electrons. The third-order valence-electron chi connectivity index (χ3n) is 5.86. The van der Waals surface area contributed by atoms with Crippen molar-refractivity contribution in [1.29, 1.82) is 0 Å². The van der Waals surface area contributed by atoms with E-state index in [-0.39, 0.29) is 31.9 Å². The SMILES string of the molecule is COc1ccc(N(CC(=O)Nc2ccc(S(=O)(=O)Nc3ccc(F)cc3)cc2)S(=O)(=O)c2ccc(C)cc2)cc1Cl. The molecule has 0 aromatic heterocycles. The standard InChI is InChI=1S/C28H25ClFN3O6S2/c1-19-3-12-25(13-4-19)41(37,38)33(23-11-16-27(39-2)26(29)17-23)18-28(34)31-21-9-14-24(15-10-21)40(35,36)32-22-7-5-20(30)6-8-22/h3-17,32H,18H2,1-2H3,(H,31,34). The monoisotopic (exact) mass is 617 g/mol. The Hall–Kier alpha value is -4.13. The van der Waals surface area contributed by atoms with Gasteiger partial charge in [-0.1, -0.05) is 29.3 Å². The lowest BCUT2D eigenvalue weighted by molar-refractivity contribution is -0.114. The Bertz CT molecular complexity index is 1770. The van der Waals surface area contributed by atoms with Gasteiger partial charge >= 0.3 is 0 Å². The van der Waals surface area contributed by atoms with Crippen LogP contribution in [0.15, 0.2) is 101 Å². The molecule has 0 saturated heterocycles. The van der Waals surface area contributed by atoms with Crippen molar-refractivity contribution in [1.82, 2.24) is 0 Å². The van der Waals surface area contributed by atoms with Crippen molar-refractivity contribution in [2.24, 2.45) is 0 Å². The van der Waals surface area contributed by atoms with Gasteiger partial charge in [-0.05, 0) is 85.8 Å². The fourth-order valence-corrected chi connectivity index (χ4v) is 6.47. The second-order valence-corrected chi connectivity index (χ2v) is 12.8. The quantitative estimate of drug-likeness (QED) is 0.245. The molecular formula is C28H25ClFN3O6S2. The van der Waals surface area contributed by atoms with E-state index in [1.807, 2.05) is 6.92 Å². The Morgan fingerprint density at radius 2 is 1.44 bits per heavy atom. The van der Waals surface area contributed by atoms with Gasteiger partial charge in [0.05, 0.1) is 27.6 Å². The molecule has 0 aliphatic carbocycles. The smallest absolute Gasteiger partial charge is 0.264 e. The predicted octanol–water partition coefficient (Wildman–Crippen LogP) is 5.43. The molecule has 41 heavy (non-hydrogen) atoms. The lowest BCUT2D eigenvalue weighted by atomic mass is 10.2. The van der Waals surface area contributed by atoms with E-state index in [1.54, 1.807) is 12.1 Å². The molecule has 0 bridgehead atoms. The number of anilines is 3. The maximum atomic E-state index is 13.6. The number of ether oxygens (including phenoxy) is 1. The Morgan fingerprint density at radius 3 is 2.02 bits per heavy atom. The Labute approximate surface area is 242 Å². The zero-order valence-electron chi connectivity index (χ0n) is 21.8. The highest BCUT2D eigenvalue weighted by Gasteiger charge is 2.28. The van der Waals surface area contributed by atoms with Gasteiger partial charge in [-0.15, -0.1) is 0 Å². The topological polar surface area (TPSA) is 122 Å². The van der Waals surface area contributed by atoms with Crippen LogP contribution in [-0.2, 0) is 24.8 Å². The van der Waals surface area contributed by atoms with E-state index in [1.165, 1.54) is 73.8 Å². The molecule has 0 spiro atoms. The molecule has 13 heteroatoms. The molecule has 0 saturated carbocycles. The molecular weight excluding hydrogens is 593 g/mol. The summed E-state index contributed by atoms with van der Waals surface area (Å²) in [6.45, 7) is 1.21. The number of nitrogens with one attached hydrogen (secondary N) is 2. The van der Waals surface area contributed by atoms with E-state index in [4.69, 9.17) is 16.3 Å². The van der Waals surface area contributed by atoms with Crippen LogP contribution in [0.4, 0.5) is 21.5 Å². The average Bonchev–Trinajstić information content (AvgIpc) is 2.93. The first-order valence-corrected chi connectivity index (χ1v) is 15.3. The number of carbonyl (C=O) groups is 1. The molecule has 1 amide bonds. The number of nitrogens with zero attached hydrogens (tertiary/aromatic N) is 1. The second kappa shape index (κ2) is 12.2. The molecule has 0 heterocycles. The highest BCUT2D eigenvalue weighted by molar-refractivity contribution is 7.93. The first kappa shape index (κ1) is 29.8. The number of rotatable bonds is 10. The van der Waals surface area contributed by atoms with Gasteiger partial charge in [-0.2, -0.15) is 0 Å². The summed E-state index contributed by atoms with van der Waals surface area (Å²) in [6, 6.07) is 20.6. The number of methoxy groups -OCH3 is 1. The van der Waals surface area contributed by atoms with Crippen LogP contribution < -0.4 is 19.1 Å². The van der Waals surface area contributed by atoms with Crippen molar-refractivity contribution in [3.8, 4) is 5.75 Å². The Balaban J connectivity index is 1.55. The van der Waals surface area contributed by atoms with Gasteiger partial charge in [-0.25, -0.2) is 21.2 Å². The summed E-state index contributed by atoms with van der Waals surface area (Å²) in [5, 5.41) is 2.74. The average molecular weight is 618 g/mol. The molecule has 0 radical (unpaired) electrons. The minimum Gasteiger partial charge on any atom is -0.495 e. The van der Waals surface area contributed by atoms with Gasteiger partial charge in [-0.3, -0.25) is 13.8 Å². The summed E-state index contributed by atoms with van der Waals surface area (Å²) >= 11 is 6.25. The minimum absolute atomic E-state index is 0.0222. The van der Waals surface area contributed by atoms with Gasteiger partial charge in [0.15, 0.2) is 0 Å². The van der Waals surface area contributed by atoms with E-state index < -0.39 is 38.3 Å². The third kappa shape index (κ3) is 7.15. The van der Waals surface area contributed by atoms with Crippen LogP contribution in [0.2, 0.25) is 5.02 Å². The zero-order chi connectivity index (χ0) is 29.8. The first-order valence-electron chi connectivity index (χ1n) is 12.0. The largest absolute Gasteiger partial charge is 0.495 e. The van der Waals surface area contributed by atoms with Crippen LogP contribution in [0.1, 0.15) is 5.56 Å². The van der Waals surface area contributed by atoms with Crippen LogP contribution in [0.5, 0.6) is 5.75 Å². The van der Waals surface area contributed by atoms with Crippen molar-refractivity contribution in [3.05, 3.63) is 107 Å². The number of halogens is 2. The summed E-state index contributed by atoms with van der Waals surface area (Å²) in [7, 11) is -6.75. The van der Waals surface area contributed by atoms with Crippen molar-refractivity contribution < 1.29 is 30.8 Å². The Morgan fingerprint density at radius 1 is 0.854 bits per heavy atom. The van der Waals surface area contributed by atoms with Crippen molar-refractivity contribution in [2.45, 2.75) is 16.7 Å². The molecule has 0 aliphatic rings. The Kier molecular flexibility index (Phi) is 8.86. The van der Waals surface area contributed by atoms with E-state index >= 15 is 0 Å². The molecule has 0 aliphatic heterocycles. The molecule has 2 N–H and O–H groups in total. The summed E-state index contributed by atoms with van der Waals surface area (Å²) in [5.41, 5.74) is 1.41. The van der Waals surface area contributed by atoms with Crippen LogP contribution in [-0.4, -0.2) is 36.4 Å². The van der Waals surface area contributed by atoms with E-state index in [9.17, 15) is 26.0 Å². The van der Waals surface area contributed by atoms with Crippen molar-refractivity contribution in [3.63, 3.8) is 0 Å². The lowest BCUT2D eigenvalue weighted by Gasteiger charge is -2.24. The summed E-state index contributed by atoms with van der Waals surface area (Å²) in [5.74, 6) is -0.863. The molecule has 0 atom stereocenters. The van der Waals surface area contributed by atoms with Gasteiger partial charge < -0.3 is 10.1 Å². The van der Waals surface area contributed by atoms with Crippen LogP contribution >= 0.6 is 11.6 Å². The minimum atomic E-state index is -4.19. The van der Waals surface area contributed by atoms with Gasteiger partial charge in [0, 0.05) is 11.4 Å². The first-order chi connectivity index (χ1) is 19.4. The molecule has 4 rings (SSSR count). The van der Waals surface area contributed by atoms with E-state index in [0.29, 0.717) is 5.75 Å². The normalized spacial score (nSPS) is 11.5. The predicted molar refractivity (Wildman–Crippen MR) is 156 cm³/mol. The molecule has 4 aromatic carbocycles. The van der Waals surface area contributed by atoms with Crippen LogP contribution in [0, 0.1) is 12.7 Å². The fraction of sp³-hybridized carbons (Fsp3) is 0.107. The lowest BCUT2D eigenvalue weighted by Crippen LogP contribution is -2.38. The number of amides is 1. The van der Waals surface area contributed by atoms with Gasteiger partial charge in [0.1, 0.15) is 18.1 Å². The molecule has 0 unspecified atom stereocenters. The highest BCUT2D eigenvalue weighted by atomic mass is 35.5. The number of carbonyl (C=O) groups excluding carboxylic acids is 1. The summed E-state index contributed by atoms with van der Waals surface area (Å²) in [4.78, 5) is 12.9. The molecule has 9 nitrogen and oxygen atoms in total. The number of hydrogen-bond donors (Lipinski definition) is 2. The fourth-order valence-electron chi connectivity index (χ4n) is 3.74. The van der Waals surface area contributed by atoms with Crippen molar-refractivity contribution >= 4 is 54.6 Å². The second-order valence-electron chi connectivity index (χ2n) is 8.83. The maximum absolute atomic E-state index is 13.6. The van der Waals surface area contributed by atoms with Gasteiger partial charge in [0.25, 0.3) is 20.0 Å². The molecule has 4 aromatic rings. The summed E-state index contributed by atoms with van der Waals surface area (Å²) < 4.78 is 74.1. The zero-order valence-corrected chi connectivity index (χ0v) is 24.2. The summed E-state index contributed by atoms with van der Waals surface area (Å²) in [6.07, 6.45) is 0. The molecule has 0 fully saturated rings. The number of hydrogen-bond acceptors (Lipinski definition) is 6. The highest BCUT2D eigenvalue weighted by Crippen LogP contribution is 2.32. The third-order valence-corrected chi connectivity index (χ3v) is 9.35. The number of benzene rings is 4.